The zero-order chi connectivity index (χ0) is 13.7. The largest absolute Gasteiger partial charge is 0.398 e. The predicted octanol–water partition coefficient (Wildman–Crippen LogP) is 3.88. The van der Waals surface area contributed by atoms with E-state index < -0.39 is 0 Å². The molecule has 0 aromatic heterocycles. The van der Waals surface area contributed by atoms with Crippen LogP contribution in [0.15, 0.2) is 18.2 Å². The average Bonchev–Trinajstić information content (AvgIpc) is 2.42. The first-order valence-corrected chi connectivity index (χ1v) is 7.31. The van der Waals surface area contributed by atoms with Gasteiger partial charge in [0.2, 0.25) is 5.91 Å². The van der Waals surface area contributed by atoms with Crippen LogP contribution >= 0.6 is 0 Å². The van der Waals surface area contributed by atoms with E-state index >= 15 is 0 Å². The Hall–Kier alpha value is -1.51. The second-order valence-electron chi connectivity index (χ2n) is 5.66. The molecule has 0 bridgehead atoms. The summed E-state index contributed by atoms with van der Waals surface area (Å²) in [6.45, 7) is 1.96. The van der Waals surface area contributed by atoms with Gasteiger partial charge in [-0.3, -0.25) is 4.79 Å². The zero-order valence-corrected chi connectivity index (χ0v) is 11.7. The smallest absolute Gasteiger partial charge is 0.224 e. The molecule has 0 radical (unpaired) electrons. The lowest BCUT2D eigenvalue weighted by Crippen LogP contribution is -2.15. The summed E-state index contributed by atoms with van der Waals surface area (Å²) < 4.78 is 0. The van der Waals surface area contributed by atoms with E-state index in [9.17, 15) is 4.79 Å². The molecule has 2 rings (SSSR count). The Bertz CT molecular complexity index is 436. The molecule has 1 fully saturated rings. The molecule has 0 atom stereocenters. The van der Waals surface area contributed by atoms with Gasteiger partial charge in [-0.15, -0.1) is 0 Å². The van der Waals surface area contributed by atoms with E-state index in [2.05, 4.69) is 5.32 Å². The van der Waals surface area contributed by atoms with Crippen molar-refractivity contribution in [3.05, 3.63) is 23.8 Å². The molecular formula is C16H24N2O. The van der Waals surface area contributed by atoms with Crippen LogP contribution < -0.4 is 11.1 Å². The Morgan fingerprint density at radius 1 is 1.32 bits per heavy atom. The summed E-state index contributed by atoms with van der Waals surface area (Å²) in [6.07, 6.45) is 8.27. The highest BCUT2D eigenvalue weighted by Crippen LogP contribution is 2.27. The van der Waals surface area contributed by atoms with Crippen LogP contribution in [0.25, 0.3) is 0 Å². The van der Waals surface area contributed by atoms with Crippen LogP contribution in [0.4, 0.5) is 11.4 Å². The van der Waals surface area contributed by atoms with E-state index in [1.54, 1.807) is 0 Å². The quantitative estimate of drug-likeness (QED) is 0.807. The molecule has 3 nitrogen and oxygen atoms in total. The van der Waals surface area contributed by atoms with Crippen LogP contribution in [-0.2, 0) is 4.79 Å². The van der Waals surface area contributed by atoms with Crippen LogP contribution in [0.1, 0.15) is 50.5 Å². The predicted molar refractivity (Wildman–Crippen MR) is 80.0 cm³/mol. The highest BCUT2D eigenvalue weighted by Gasteiger charge is 2.14. The van der Waals surface area contributed by atoms with Gasteiger partial charge in [-0.1, -0.05) is 38.2 Å². The molecule has 1 aromatic rings. The molecule has 0 spiro atoms. The van der Waals surface area contributed by atoms with Gasteiger partial charge in [-0.2, -0.15) is 0 Å². The summed E-state index contributed by atoms with van der Waals surface area (Å²) in [5, 5.41) is 2.93. The van der Waals surface area contributed by atoms with Crippen LogP contribution in [0, 0.1) is 12.8 Å². The maximum Gasteiger partial charge on any atom is 0.224 e. The van der Waals surface area contributed by atoms with Gasteiger partial charge in [0.1, 0.15) is 0 Å². The highest BCUT2D eigenvalue weighted by molar-refractivity contribution is 5.91. The second kappa shape index (κ2) is 6.60. The third-order valence-electron chi connectivity index (χ3n) is 4.07. The summed E-state index contributed by atoms with van der Waals surface area (Å²) in [6, 6.07) is 5.67. The van der Waals surface area contributed by atoms with E-state index in [0.717, 1.165) is 29.3 Å². The number of benzene rings is 1. The lowest BCUT2D eigenvalue weighted by Gasteiger charge is -2.21. The molecule has 104 valence electrons. The number of carbonyl (C=O) groups is 1. The van der Waals surface area contributed by atoms with Crippen molar-refractivity contribution in [2.45, 2.75) is 51.9 Å². The van der Waals surface area contributed by atoms with Crippen molar-refractivity contribution in [2.75, 3.05) is 11.1 Å². The Balaban J connectivity index is 1.78. The van der Waals surface area contributed by atoms with Gasteiger partial charge in [0, 0.05) is 17.8 Å². The molecule has 3 heteroatoms. The normalized spacial score (nSPS) is 16.3. The van der Waals surface area contributed by atoms with Gasteiger partial charge in [0.25, 0.3) is 0 Å². The fourth-order valence-electron chi connectivity index (χ4n) is 2.75. The van der Waals surface area contributed by atoms with E-state index in [4.69, 9.17) is 5.73 Å². The molecule has 0 heterocycles. The van der Waals surface area contributed by atoms with Crippen LogP contribution in [0.2, 0.25) is 0 Å². The van der Waals surface area contributed by atoms with Crippen molar-refractivity contribution in [1.29, 1.82) is 0 Å². The summed E-state index contributed by atoms with van der Waals surface area (Å²) in [7, 11) is 0. The lowest BCUT2D eigenvalue weighted by atomic mass is 9.86. The highest BCUT2D eigenvalue weighted by atomic mass is 16.1. The van der Waals surface area contributed by atoms with Crippen molar-refractivity contribution in [1.82, 2.24) is 0 Å². The Morgan fingerprint density at radius 2 is 2.05 bits per heavy atom. The summed E-state index contributed by atoms with van der Waals surface area (Å²) >= 11 is 0. The minimum Gasteiger partial charge on any atom is -0.398 e. The molecule has 1 amide bonds. The van der Waals surface area contributed by atoms with E-state index in [1.165, 1.54) is 32.1 Å². The molecule has 1 saturated carbocycles. The maximum absolute atomic E-state index is 11.9. The molecule has 1 aromatic carbocycles. The fourth-order valence-corrected chi connectivity index (χ4v) is 2.75. The number of hydrogen-bond acceptors (Lipinski definition) is 2. The minimum absolute atomic E-state index is 0.105. The third-order valence-corrected chi connectivity index (χ3v) is 4.07. The second-order valence-corrected chi connectivity index (χ2v) is 5.66. The van der Waals surface area contributed by atoms with Crippen molar-refractivity contribution in [3.63, 3.8) is 0 Å². The molecular weight excluding hydrogens is 236 g/mol. The van der Waals surface area contributed by atoms with Crippen molar-refractivity contribution >= 4 is 17.3 Å². The first-order chi connectivity index (χ1) is 9.15. The van der Waals surface area contributed by atoms with Gasteiger partial charge in [0.15, 0.2) is 0 Å². The molecule has 0 aliphatic heterocycles. The van der Waals surface area contributed by atoms with Gasteiger partial charge >= 0.3 is 0 Å². The number of rotatable bonds is 4. The number of nitrogens with one attached hydrogen (secondary N) is 1. The van der Waals surface area contributed by atoms with Crippen molar-refractivity contribution < 1.29 is 4.79 Å². The molecule has 0 saturated heterocycles. The number of carbonyl (C=O) groups excluding carboxylic acids is 1. The SMILES string of the molecule is Cc1ccc(NC(=O)CCC2CCCCC2)cc1N. The monoisotopic (exact) mass is 260 g/mol. The topological polar surface area (TPSA) is 55.1 Å². The summed E-state index contributed by atoms with van der Waals surface area (Å²) in [4.78, 5) is 11.9. The first kappa shape index (κ1) is 13.9. The summed E-state index contributed by atoms with van der Waals surface area (Å²) in [5.41, 5.74) is 8.41. The standard InChI is InChI=1S/C16H24N2O/c1-12-7-9-14(11-15(12)17)18-16(19)10-8-13-5-3-2-4-6-13/h7,9,11,13H,2-6,8,10,17H2,1H3,(H,18,19). The minimum atomic E-state index is 0.105. The van der Waals surface area contributed by atoms with Crippen LogP contribution in [0.5, 0.6) is 0 Å². The summed E-state index contributed by atoms with van der Waals surface area (Å²) in [5.74, 6) is 0.858. The number of anilines is 2. The van der Waals surface area contributed by atoms with Gasteiger partial charge < -0.3 is 11.1 Å². The number of nitrogens with two attached hydrogens (primary N) is 1. The molecule has 19 heavy (non-hydrogen) atoms. The van der Waals surface area contributed by atoms with Crippen molar-refractivity contribution in [3.8, 4) is 0 Å². The van der Waals surface area contributed by atoms with Crippen LogP contribution in [-0.4, -0.2) is 5.91 Å². The van der Waals surface area contributed by atoms with Gasteiger partial charge in [-0.05, 0) is 37.0 Å². The number of amides is 1. The van der Waals surface area contributed by atoms with E-state index in [1.807, 2.05) is 25.1 Å². The maximum atomic E-state index is 11.9. The van der Waals surface area contributed by atoms with Crippen molar-refractivity contribution in [2.24, 2.45) is 5.92 Å². The average molecular weight is 260 g/mol. The Labute approximate surface area is 115 Å². The molecule has 0 unspecified atom stereocenters. The number of hydrogen-bond donors (Lipinski definition) is 2. The van der Waals surface area contributed by atoms with Crippen LogP contribution in [0.3, 0.4) is 0 Å². The number of aryl methyl sites for hydroxylation is 1. The van der Waals surface area contributed by atoms with E-state index in [-0.39, 0.29) is 5.91 Å². The van der Waals surface area contributed by atoms with E-state index in [0.29, 0.717) is 6.42 Å². The first-order valence-electron chi connectivity index (χ1n) is 7.31. The molecule has 3 N–H and O–H groups in total. The van der Waals surface area contributed by atoms with Gasteiger partial charge in [-0.25, -0.2) is 0 Å². The Kier molecular flexibility index (Phi) is 4.83. The molecule has 1 aliphatic carbocycles. The lowest BCUT2D eigenvalue weighted by molar-refractivity contribution is -0.116. The zero-order valence-electron chi connectivity index (χ0n) is 11.7. The Morgan fingerprint density at radius 3 is 2.74 bits per heavy atom. The van der Waals surface area contributed by atoms with Gasteiger partial charge in [0.05, 0.1) is 0 Å². The third kappa shape index (κ3) is 4.27. The fraction of sp³-hybridized carbons (Fsp3) is 0.562. The molecule has 1 aliphatic rings. The number of nitrogen functional groups attached to an aromatic ring is 1.